The minimum absolute atomic E-state index is 0.0174. The maximum Gasteiger partial charge on any atom is 0.268 e. The summed E-state index contributed by atoms with van der Waals surface area (Å²) >= 11 is 1.40. The average molecular weight is 406 g/mol. The summed E-state index contributed by atoms with van der Waals surface area (Å²) in [6.45, 7) is 8.97. The zero-order chi connectivity index (χ0) is 21.0. The molecule has 6 heteroatoms. The lowest BCUT2D eigenvalue weighted by Crippen LogP contribution is -2.13. The van der Waals surface area contributed by atoms with Crippen molar-refractivity contribution in [2.75, 3.05) is 11.9 Å². The molecule has 0 atom stereocenters. The van der Waals surface area contributed by atoms with Crippen molar-refractivity contribution >= 4 is 38.7 Å². The standard InChI is InChI=1S/C23H23N3O2S/c1-5-28-18-9-6-15(7-10-18)12-16(14-24)21(27)26-22-25-19-11-8-17(23(2,3)4)13-20(19)29-22/h6-13H,5H2,1-4H3,(H,25,26,27)/b16-12+. The van der Waals surface area contributed by atoms with E-state index in [2.05, 4.69) is 43.2 Å². The molecule has 2 aromatic carbocycles. The number of benzene rings is 2. The Labute approximate surface area is 174 Å². The van der Waals surface area contributed by atoms with Crippen LogP contribution in [0.3, 0.4) is 0 Å². The van der Waals surface area contributed by atoms with Gasteiger partial charge < -0.3 is 4.74 Å². The van der Waals surface area contributed by atoms with E-state index in [1.54, 1.807) is 18.2 Å². The second-order valence-electron chi connectivity index (χ2n) is 7.58. The first kappa shape index (κ1) is 20.6. The number of anilines is 1. The molecule has 1 aromatic heterocycles. The molecular weight excluding hydrogens is 382 g/mol. The molecule has 1 N–H and O–H groups in total. The van der Waals surface area contributed by atoms with Gasteiger partial charge in [-0.05, 0) is 53.8 Å². The molecule has 0 aliphatic rings. The van der Waals surface area contributed by atoms with Crippen LogP contribution in [-0.4, -0.2) is 17.5 Å². The molecule has 0 spiro atoms. The summed E-state index contributed by atoms with van der Waals surface area (Å²) in [6.07, 6.45) is 1.55. The van der Waals surface area contributed by atoms with E-state index in [0.29, 0.717) is 11.7 Å². The number of rotatable bonds is 5. The van der Waals surface area contributed by atoms with Crippen molar-refractivity contribution in [3.05, 3.63) is 59.2 Å². The van der Waals surface area contributed by atoms with Gasteiger partial charge in [-0.15, -0.1) is 0 Å². The monoisotopic (exact) mass is 405 g/mol. The third-order valence-corrected chi connectivity index (χ3v) is 5.28. The Kier molecular flexibility index (Phi) is 6.00. The highest BCUT2D eigenvalue weighted by molar-refractivity contribution is 7.22. The zero-order valence-electron chi connectivity index (χ0n) is 16.9. The number of aromatic nitrogens is 1. The second kappa shape index (κ2) is 8.46. The number of carbonyl (C=O) groups excluding carboxylic acids is 1. The quantitative estimate of drug-likeness (QED) is 0.447. The third kappa shape index (κ3) is 5.01. The minimum Gasteiger partial charge on any atom is -0.494 e. The maximum atomic E-state index is 12.6. The van der Waals surface area contributed by atoms with Crippen LogP contribution in [-0.2, 0) is 10.2 Å². The van der Waals surface area contributed by atoms with E-state index < -0.39 is 5.91 Å². The van der Waals surface area contributed by atoms with Crippen molar-refractivity contribution in [3.63, 3.8) is 0 Å². The number of nitrogens with zero attached hydrogens (tertiary/aromatic N) is 2. The lowest BCUT2D eigenvalue weighted by atomic mass is 9.87. The highest BCUT2D eigenvalue weighted by Crippen LogP contribution is 2.31. The summed E-state index contributed by atoms with van der Waals surface area (Å²) in [7, 11) is 0. The topological polar surface area (TPSA) is 75.0 Å². The normalized spacial score (nSPS) is 11.9. The second-order valence-corrected chi connectivity index (χ2v) is 8.61. The molecule has 1 heterocycles. The van der Waals surface area contributed by atoms with Gasteiger partial charge in [-0.1, -0.05) is 50.3 Å². The molecule has 3 aromatic rings. The van der Waals surface area contributed by atoms with Gasteiger partial charge in [0.1, 0.15) is 17.4 Å². The van der Waals surface area contributed by atoms with Gasteiger partial charge in [0.15, 0.2) is 5.13 Å². The van der Waals surface area contributed by atoms with E-state index in [1.807, 2.05) is 31.2 Å². The molecule has 0 aliphatic heterocycles. The van der Waals surface area contributed by atoms with Crippen LogP contribution in [0.2, 0.25) is 0 Å². The van der Waals surface area contributed by atoms with E-state index in [1.165, 1.54) is 16.9 Å². The molecule has 1 amide bonds. The van der Waals surface area contributed by atoms with Crippen LogP contribution in [0, 0.1) is 11.3 Å². The van der Waals surface area contributed by atoms with Gasteiger partial charge in [-0.2, -0.15) is 5.26 Å². The van der Waals surface area contributed by atoms with Crippen LogP contribution < -0.4 is 10.1 Å². The van der Waals surface area contributed by atoms with Crippen molar-refractivity contribution in [1.29, 1.82) is 5.26 Å². The molecule has 0 aliphatic carbocycles. The summed E-state index contributed by atoms with van der Waals surface area (Å²) in [4.78, 5) is 17.0. The molecule has 0 saturated carbocycles. The van der Waals surface area contributed by atoms with Gasteiger partial charge in [0.05, 0.1) is 16.8 Å². The van der Waals surface area contributed by atoms with Gasteiger partial charge in [0, 0.05) is 0 Å². The fourth-order valence-corrected chi connectivity index (χ4v) is 3.65. The molecular formula is C23H23N3O2S. The summed E-state index contributed by atoms with van der Waals surface area (Å²) in [5.74, 6) is 0.271. The van der Waals surface area contributed by atoms with E-state index in [0.717, 1.165) is 21.5 Å². The Morgan fingerprint density at radius 1 is 1.24 bits per heavy atom. The number of amides is 1. The van der Waals surface area contributed by atoms with E-state index >= 15 is 0 Å². The maximum absolute atomic E-state index is 12.6. The van der Waals surface area contributed by atoms with E-state index in [9.17, 15) is 10.1 Å². The SMILES string of the molecule is CCOc1ccc(/C=C(\C#N)C(=O)Nc2nc3ccc(C(C)(C)C)cc3s2)cc1. The number of nitriles is 1. The molecule has 0 fully saturated rings. The predicted molar refractivity (Wildman–Crippen MR) is 118 cm³/mol. The molecule has 5 nitrogen and oxygen atoms in total. The number of hydrogen-bond acceptors (Lipinski definition) is 5. The zero-order valence-corrected chi connectivity index (χ0v) is 17.8. The third-order valence-electron chi connectivity index (χ3n) is 4.34. The average Bonchev–Trinajstić information content (AvgIpc) is 3.08. The highest BCUT2D eigenvalue weighted by atomic mass is 32.1. The summed E-state index contributed by atoms with van der Waals surface area (Å²) in [6, 6.07) is 15.3. The number of carbonyl (C=O) groups is 1. The van der Waals surface area contributed by atoms with Crippen LogP contribution in [0.1, 0.15) is 38.8 Å². The van der Waals surface area contributed by atoms with Crippen LogP contribution in [0.5, 0.6) is 5.75 Å². The van der Waals surface area contributed by atoms with Gasteiger partial charge >= 0.3 is 0 Å². The van der Waals surface area contributed by atoms with Crippen LogP contribution >= 0.6 is 11.3 Å². The first-order chi connectivity index (χ1) is 13.8. The first-order valence-corrected chi connectivity index (χ1v) is 10.2. The van der Waals surface area contributed by atoms with E-state index in [-0.39, 0.29) is 11.0 Å². The molecule has 29 heavy (non-hydrogen) atoms. The number of fused-ring (bicyclic) bond motifs is 1. The summed E-state index contributed by atoms with van der Waals surface area (Å²) in [5, 5.41) is 12.6. The van der Waals surface area contributed by atoms with Crippen LogP contribution in [0.15, 0.2) is 48.0 Å². The van der Waals surface area contributed by atoms with Crippen LogP contribution in [0.25, 0.3) is 16.3 Å². The van der Waals surface area contributed by atoms with Crippen molar-refractivity contribution in [2.45, 2.75) is 33.1 Å². The smallest absolute Gasteiger partial charge is 0.268 e. The molecule has 0 bridgehead atoms. The molecule has 148 valence electrons. The van der Waals surface area contributed by atoms with Crippen molar-refractivity contribution in [3.8, 4) is 11.8 Å². The fourth-order valence-electron chi connectivity index (χ4n) is 2.75. The minimum atomic E-state index is -0.475. The summed E-state index contributed by atoms with van der Waals surface area (Å²) in [5.41, 5.74) is 2.84. The first-order valence-electron chi connectivity index (χ1n) is 9.37. The number of hydrogen-bond donors (Lipinski definition) is 1. The predicted octanol–water partition coefficient (Wildman–Crippen LogP) is 5.54. The Morgan fingerprint density at radius 3 is 2.59 bits per heavy atom. The van der Waals surface area contributed by atoms with Crippen molar-refractivity contribution < 1.29 is 9.53 Å². The Hall–Kier alpha value is -3.17. The lowest BCUT2D eigenvalue weighted by molar-refractivity contribution is -0.112. The van der Waals surface area contributed by atoms with Gasteiger partial charge in [0.25, 0.3) is 5.91 Å². The van der Waals surface area contributed by atoms with Gasteiger partial charge in [-0.3, -0.25) is 10.1 Å². The highest BCUT2D eigenvalue weighted by Gasteiger charge is 2.16. The van der Waals surface area contributed by atoms with Crippen molar-refractivity contribution in [2.24, 2.45) is 0 Å². The van der Waals surface area contributed by atoms with Gasteiger partial charge in [-0.25, -0.2) is 4.98 Å². The van der Waals surface area contributed by atoms with Crippen molar-refractivity contribution in [1.82, 2.24) is 4.98 Å². The largest absolute Gasteiger partial charge is 0.494 e. The Bertz CT molecular complexity index is 1100. The molecule has 3 rings (SSSR count). The molecule has 0 unspecified atom stereocenters. The Balaban J connectivity index is 1.79. The summed E-state index contributed by atoms with van der Waals surface area (Å²) < 4.78 is 6.41. The number of thiazole rings is 1. The van der Waals surface area contributed by atoms with E-state index in [4.69, 9.17) is 4.74 Å². The molecule has 0 saturated heterocycles. The number of ether oxygens (including phenoxy) is 1. The lowest BCUT2D eigenvalue weighted by Gasteiger charge is -2.18. The Morgan fingerprint density at radius 2 is 1.97 bits per heavy atom. The van der Waals surface area contributed by atoms with Gasteiger partial charge in [0.2, 0.25) is 0 Å². The number of nitrogens with one attached hydrogen (secondary N) is 1. The fraction of sp³-hybridized carbons (Fsp3) is 0.261. The van der Waals surface area contributed by atoms with Crippen LogP contribution in [0.4, 0.5) is 5.13 Å². The molecule has 0 radical (unpaired) electrons.